The molecule has 0 unspecified atom stereocenters. The molecule has 0 radical (unpaired) electrons. The van der Waals surface area contributed by atoms with Crippen molar-refractivity contribution < 1.29 is 23.8 Å². The molecule has 0 spiro atoms. The van der Waals surface area contributed by atoms with Gasteiger partial charge in [-0.2, -0.15) is 0 Å². The Morgan fingerprint density at radius 2 is 1.83 bits per heavy atom. The minimum absolute atomic E-state index is 0.00452. The quantitative estimate of drug-likeness (QED) is 0.696. The van der Waals surface area contributed by atoms with E-state index in [1.54, 1.807) is 4.90 Å². The van der Waals surface area contributed by atoms with Crippen molar-refractivity contribution in [2.45, 2.75) is 96.1 Å². The molecule has 1 aliphatic heterocycles. The number of ether oxygens (including phenoxy) is 3. The molecule has 1 saturated carbocycles. The summed E-state index contributed by atoms with van der Waals surface area (Å²) in [6.45, 7) is 9.29. The van der Waals surface area contributed by atoms with E-state index in [4.69, 9.17) is 14.2 Å². The van der Waals surface area contributed by atoms with Crippen molar-refractivity contribution in [3.05, 3.63) is 0 Å². The lowest BCUT2D eigenvalue weighted by Crippen LogP contribution is -2.56. The molecule has 2 amide bonds. The van der Waals surface area contributed by atoms with Gasteiger partial charge in [0.05, 0.1) is 25.4 Å². The number of hydrogen-bond donors (Lipinski definition) is 2. The van der Waals surface area contributed by atoms with E-state index in [2.05, 4.69) is 10.6 Å². The van der Waals surface area contributed by atoms with Gasteiger partial charge in [0.25, 0.3) is 0 Å². The fourth-order valence-corrected chi connectivity index (χ4v) is 3.97. The lowest BCUT2D eigenvalue weighted by molar-refractivity contribution is -0.00840. The largest absolute Gasteiger partial charge is 0.450 e. The van der Waals surface area contributed by atoms with Crippen LogP contribution in [0.1, 0.15) is 66.2 Å². The van der Waals surface area contributed by atoms with Crippen molar-refractivity contribution in [1.82, 2.24) is 15.5 Å². The van der Waals surface area contributed by atoms with E-state index >= 15 is 0 Å². The summed E-state index contributed by atoms with van der Waals surface area (Å²) in [5.41, 5.74) is -0.506. The predicted octanol–water partition coefficient (Wildman–Crippen LogP) is 3.05. The lowest BCUT2D eigenvalue weighted by Gasteiger charge is -2.37. The van der Waals surface area contributed by atoms with Crippen LogP contribution in [-0.2, 0) is 14.2 Å². The summed E-state index contributed by atoms with van der Waals surface area (Å²) in [5.74, 6) is 0. The first kappa shape index (κ1) is 23.7. The van der Waals surface area contributed by atoms with E-state index in [9.17, 15) is 9.59 Å². The number of nitrogens with one attached hydrogen (secondary N) is 2. The van der Waals surface area contributed by atoms with Crippen molar-refractivity contribution in [2.24, 2.45) is 0 Å². The first-order valence-corrected chi connectivity index (χ1v) is 10.9. The van der Waals surface area contributed by atoms with Crippen LogP contribution in [0.2, 0.25) is 0 Å². The van der Waals surface area contributed by atoms with Gasteiger partial charge in [0.2, 0.25) is 0 Å². The molecule has 8 heteroatoms. The number of alkyl carbamates (subject to hydrolysis) is 1. The van der Waals surface area contributed by atoms with E-state index in [-0.39, 0.29) is 36.4 Å². The molecule has 0 bridgehead atoms. The van der Waals surface area contributed by atoms with Crippen LogP contribution in [0.25, 0.3) is 0 Å². The van der Waals surface area contributed by atoms with Crippen molar-refractivity contribution in [3.8, 4) is 0 Å². The smallest absolute Gasteiger partial charge is 0.409 e. The van der Waals surface area contributed by atoms with Gasteiger partial charge in [0.1, 0.15) is 5.60 Å². The molecule has 29 heavy (non-hydrogen) atoms. The highest BCUT2D eigenvalue weighted by Crippen LogP contribution is 2.25. The van der Waals surface area contributed by atoms with Gasteiger partial charge in [-0.15, -0.1) is 0 Å². The molecule has 0 aromatic heterocycles. The molecule has 2 aliphatic rings. The highest BCUT2D eigenvalue weighted by atomic mass is 16.6. The fraction of sp³-hybridized carbons (Fsp3) is 0.905. The SMILES string of the molecule is CCOC(=O)N(C)C1CCC(OC[C@@H]2NCCC[C@@H]2NC(=O)OC(C)(C)C)CC1. The maximum atomic E-state index is 12.1. The first-order chi connectivity index (χ1) is 13.7. The predicted molar refractivity (Wildman–Crippen MR) is 111 cm³/mol. The average molecular weight is 414 g/mol. The molecular weight excluding hydrogens is 374 g/mol. The third-order valence-electron chi connectivity index (χ3n) is 5.54. The standard InChI is InChI=1S/C21H39N3O5/c1-6-27-20(26)24(5)15-9-11-16(12-10-15)28-14-18-17(8-7-13-22-18)23-19(25)29-21(2,3)4/h15-18,22H,6-14H2,1-5H3,(H,23,25)/t15?,16?,17-,18-/m0/s1. The third-order valence-corrected chi connectivity index (χ3v) is 5.54. The topological polar surface area (TPSA) is 89.1 Å². The van der Waals surface area contributed by atoms with Crippen LogP contribution < -0.4 is 10.6 Å². The zero-order chi connectivity index (χ0) is 21.4. The summed E-state index contributed by atoms with van der Waals surface area (Å²) >= 11 is 0. The number of amides is 2. The van der Waals surface area contributed by atoms with Gasteiger partial charge in [-0.3, -0.25) is 0 Å². The van der Waals surface area contributed by atoms with Gasteiger partial charge in [0.15, 0.2) is 0 Å². The molecule has 1 aliphatic carbocycles. The summed E-state index contributed by atoms with van der Waals surface area (Å²) < 4.78 is 16.7. The Kier molecular flexibility index (Phi) is 9.02. The lowest BCUT2D eigenvalue weighted by atomic mass is 9.92. The van der Waals surface area contributed by atoms with Crippen LogP contribution in [0, 0.1) is 0 Å². The number of hydrogen-bond acceptors (Lipinski definition) is 6. The number of nitrogens with zero attached hydrogens (tertiary/aromatic N) is 1. The monoisotopic (exact) mass is 413 g/mol. The Bertz CT molecular complexity index is 529. The Balaban J connectivity index is 1.75. The second kappa shape index (κ2) is 11.0. The van der Waals surface area contributed by atoms with Crippen LogP contribution in [0.3, 0.4) is 0 Å². The van der Waals surface area contributed by atoms with Crippen molar-refractivity contribution in [3.63, 3.8) is 0 Å². The molecule has 2 fully saturated rings. The van der Waals surface area contributed by atoms with Crippen LogP contribution in [0.4, 0.5) is 9.59 Å². The van der Waals surface area contributed by atoms with E-state index < -0.39 is 5.60 Å². The minimum atomic E-state index is -0.506. The fourth-order valence-electron chi connectivity index (χ4n) is 3.97. The Morgan fingerprint density at radius 3 is 2.45 bits per heavy atom. The molecule has 8 nitrogen and oxygen atoms in total. The summed E-state index contributed by atoms with van der Waals surface area (Å²) in [7, 11) is 1.81. The maximum Gasteiger partial charge on any atom is 0.409 e. The maximum absolute atomic E-state index is 12.1. The first-order valence-electron chi connectivity index (χ1n) is 10.9. The normalized spacial score (nSPS) is 27.8. The van der Waals surface area contributed by atoms with Gasteiger partial charge in [-0.25, -0.2) is 9.59 Å². The van der Waals surface area contributed by atoms with E-state index in [0.717, 1.165) is 45.1 Å². The van der Waals surface area contributed by atoms with Gasteiger partial charge < -0.3 is 29.7 Å². The molecule has 168 valence electrons. The van der Waals surface area contributed by atoms with Gasteiger partial charge in [-0.05, 0) is 72.8 Å². The van der Waals surface area contributed by atoms with Crippen LogP contribution in [0.5, 0.6) is 0 Å². The minimum Gasteiger partial charge on any atom is -0.450 e. The summed E-state index contributed by atoms with van der Waals surface area (Å²) in [6.07, 6.45) is 5.16. The summed E-state index contributed by atoms with van der Waals surface area (Å²) in [4.78, 5) is 25.7. The Hall–Kier alpha value is -1.54. The number of carbonyl (C=O) groups is 2. The molecule has 1 heterocycles. The number of carbonyl (C=O) groups excluding carboxylic acids is 2. The zero-order valence-corrected chi connectivity index (χ0v) is 18.7. The molecule has 0 aromatic rings. The van der Waals surface area contributed by atoms with E-state index in [1.165, 1.54) is 0 Å². The van der Waals surface area contributed by atoms with Crippen molar-refractivity contribution in [2.75, 3.05) is 26.8 Å². The number of piperidine rings is 1. The highest BCUT2D eigenvalue weighted by molar-refractivity contribution is 5.68. The Morgan fingerprint density at radius 1 is 1.14 bits per heavy atom. The molecule has 0 aromatic carbocycles. The van der Waals surface area contributed by atoms with E-state index in [0.29, 0.717) is 13.2 Å². The number of rotatable bonds is 6. The van der Waals surface area contributed by atoms with E-state index in [1.807, 2.05) is 34.7 Å². The molecule has 2 N–H and O–H groups in total. The zero-order valence-electron chi connectivity index (χ0n) is 18.7. The molecule has 2 atom stereocenters. The third kappa shape index (κ3) is 8.01. The van der Waals surface area contributed by atoms with Gasteiger partial charge in [0, 0.05) is 19.1 Å². The van der Waals surface area contributed by atoms with Crippen LogP contribution in [-0.4, -0.2) is 73.7 Å². The van der Waals surface area contributed by atoms with Crippen LogP contribution in [0.15, 0.2) is 0 Å². The Labute approximate surface area is 175 Å². The molecular formula is C21H39N3O5. The average Bonchev–Trinajstić information content (AvgIpc) is 2.66. The molecule has 1 saturated heterocycles. The summed E-state index contributed by atoms with van der Waals surface area (Å²) in [5, 5.41) is 6.47. The second-order valence-electron chi connectivity index (χ2n) is 9.03. The van der Waals surface area contributed by atoms with Crippen molar-refractivity contribution >= 4 is 12.2 Å². The van der Waals surface area contributed by atoms with Crippen molar-refractivity contribution in [1.29, 1.82) is 0 Å². The summed E-state index contributed by atoms with van der Waals surface area (Å²) in [6, 6.07) is 0.296. The highest BCUT2D eigenvalue weighted by Gasteiger charge is 2.31. The van der Waals surface area contributed by atoms with Crippen LogP contribution >= 0.6 is 0 Å². The molecule has 2 rings (SSSR count). The second-order valence-corrected chi connectivity index (χ2v) is 9.03. The van der Waals surface area contributed by atoms with Gasteiger partial charge in [-0.1, -0.05) is 0 Å². The van der Waals surface area contributed by atoms with Gasteiger partial charge >= 0.3 is 12.2 Å².